The van der Waals surface area contributed by atoms with Crippen LogP contribution in [0.25, 0.3) is 0 Å². The highest BCUT2D eigenvalue weighted by molar-refractivity contribution is 9.10. The number of nitrogens with zero attached hydrogens (tertiary/aromatic N) is 1. The number of hydrogen-bond donors (Lipinski definition) is 1. The Kier molecular flexibility index (Phi) is 8.28. The largest absolute Gasteiger partial charge is 0.490 e. The summed E-state index contributed by atoms with van der Waals surface area (Å²) in [5, 5.41) is 2.88. The van der Waals surface area contributed by atoms with Crippen molar-refractivity contribution in [3.05, 3.63) is 58.1 Å². The number of rotatable bonds is 7. The Morgan fingerprint density at radius 2 is 1.77 bits per heavy atom. The molecule has 1 saturated heterocycles. The lowest BCUT2D eigenvalue weighted by molar-refractivity contribution is 0.0761. The molecule has 1 heterocycles. The van der Waals surface area contributed by atoms with E-state index >= 15 is 0 Å². The maximum atomic E-state index is 12.8. The summed E-state index contributed by atoms with van der Waals surface area (Å²) in [6.45, 7) is 2.50. The molecule has 1 aliphatic heterocycles. The second kappa shape index (κ2) is 11.1. The van der Waals surface area contributed by atoms with Gasteiger partial charge in [-0.1, -0.05) is 18.9 Å². The maximum absolute atomic E-state index is 12.8. The summed E-state index contributed by atoms with van der Waals surface area (Å²) in [7, 11) is 1.61. The summed E-state index contributed by atoms with van der Waals surface area (Å²) in [6, 6.07) is 12.3. The van der Waals surface area contributed by atoms with E-state index in [2.05, 4.69) is 21.2 Å². The Labute approximate surface area is 185 Å². The van der Waals surface area contributed by atoms with Crippen LogP contribution in [-0.4, -0.2) is 50.1 Å². The zero-order valence-corrected chi connectivity index (χ0v) is 18.7. The molecule has 160 valence electrons. The van der Waals surface area contributed by atoms with E-state index in [4.69, 9.17) is 9.47 Å². The van der Waals surface area contributed by atoms with Crippen LogP contribution < -0.4 is 10.1 Å². The summed E-state index contributed by atoms with van der Waals surface area (Å²) in [4.78, 5) is 27.4. The Bertz CT molecular complexity index is 879. The molecule has 0 radical (unpaired) electrons. The number of halogens is 1. The first-order chi connectivity index (χ1) is 14.6. The molecule has 2 aromatic carbocycles. The fourth-order valence-corrected chi connectivity index (χ4v) is 3.88. The molecule has 2 amide bonds. The van der Waals surface area contributed by atoms with Gasteiger partial charge in [0.15, 0.2) is 0 Å². The molecule has 30 heavy (non-hydrogen) atoms. The van der Waals surface area contributed by atoms with Crippen molar-refractivity contribution in [2.75, 3.05) is 38.7 Å². The molecule has 7 heteroatoms. The highest BCUT2D eigenvalue weighted by atomic mass is 79.9. The average Bonchev–Trinajstić information content (AvgIpc) is 3.04. The molecular formula is C23H27BrN2O4. The van der Waals surface area contributed by atoms with Crippen LogP contribution in [0.5, 0.6) is 5.75 Å². The van der Waals surface area contributed by atoms with E-state index < -0.39 is 0 Å². The summed E-state index contributed by atoms with van der Waals surface area (Å²) in [6.07, 6.45) is 4.43. The van der Waals surface area contributed by atoms with Crippen molar-refractivity contribution in [1.29, 1.82) is 0 Å². The van der Waals surface area contributed by atoms with Crippen LogP contribution in [-0.2, 0) is 4.74 Å². The van der Waals surface area contributed by atoms with Gasteiger partial charge in [-0.2, -0.15) is 0 Å². The number of carbonyl (C=O) groups is 2. The second-order valence-electron chi connectivity index (χ2n) is 7.23. The Morgan fingerprint density at radius 1 is 1.00 bits per heavy atom. The first-order valence-electron chi connectivity index (χ1n) is 10.2. The predicted octanol–water partition coefficient (Wildman–Crippen LogP) is 4.74. The predicted molar refractivity (Wildman–Crippen MR) is 120 cm³/mol. The second-order valence-corrected chi connectivity index (χ2v) is 8.08. The molecule has 1 aliphatic rings. The van der Waals surface area contributed by atoms with Crippen molar-refractivity contribution >= 4 is 33.4 Å². The molecule has 0 saturated carbocycles. The minimum Gasteiger partial charge on any atom is -0.490 e. The molecular weight excluding hydrogens is 448 g/mol. The quantitative estimate of drug-likeness (QED) is 0.588. The van der Waals surface area contributed by atoms with Gasteiger partial charge in [0.1, 0.15) is 12.4 Å². The van der Waals surface area contributed by atoms with E-state index in [0.29, 0.717) is 40.3 Å². The van der Waals surface area contributed by atoms with Gasteiger partial charge in [0.05, 0.1) is 11.1 Å². The van der Waals surface area contributed by atoms with Crippen molar-refractivity contribution in [3.8, 4) is 5.75 Å². The highest BCUT2D eigenvalue weighted by Gasteiger charge is 2.18. The summed E-state index contributed by atoms with van der Waals surface area (Å²) >= 11 is 3.44. The van der Waals surface area contributed by atoms with E-state index in [0.717, 1.165) is 25.9 Å². The van der Waals surface area contributed by atoms with Gasteiger partial charge in [0.2, 0.25) is 0 Å². The lowest BCUT2D eigenvalue weighted by Crippen LogP contribution is -2.31. The van der Waals surface area contributed by atoms with Crippen LogP contribution in [0, 0.1) is 0 Å². The van der Waals surface area contributed by atoms with Crippen molar-refractivity contribution in [2.24, 2.45) is 0 Å². The van der Waals surface area contributed by atoms with Gasteiger partial charge in [0, 0.05) is 37.0 Å². The van der Waals surface area contributed by atoms with Gasteiger partial charge in [-0.25, -0.2) is 0 Å². The molecule has 2 aromatic rings. The minimum atomic E-state index is -0.251. The molecule has 6 nitrogen and oxygen atoms in total. The zero-order valence-electron chi connectivity index (χ0n) is 17.2. The van der Waals surface area contributed by atoms with Crippen molar-refractivity contribution in [2.45, 2.75) is 25.7 Å². The third-order valence-corrected chi connectivity index (χ3v) is 5.62. The fraction of sp³-hybridized carbons (Fsp3) is 0.391. The van der Waals surface area contributed by atoms with Crippen molar-refractivity contribution in [1.82, 2.24) is 4.90 Å². The van der Waals surface area contributed by atoms with Crippen LogP contribution in [0.15, 0.2) is 46.9 Å². The van der Waals surface area contributed by atoms with Crippen LogP contribution in [0.3, 0.4) is 0 Å². The Morgan fingerprint density at radius 3 is 2.47 bits per heavy atom. The molecule has 0 bridgehead atoms. The average molecular weight is 475 g/mol. The number of methoxy groups -OCH3 is 1. The van der Waals surface area contributed by atoms with Gasteiger partial charge in [-0.15, -0.1) is 0 Å². The number of nitrogens with one attached hydrogen (secondary N) is 1. The normalized spacial score (nSPS) is 14.1. The van der Waals surface area contributed by atoms with Gasteiger partial charge in [0.25, 0.3) is 11.8 Å². The van der Waals surface area contributed by atoms with Gasteiger partial charge in [-0.05, 0) is 65.2 Å². The van der Waals surface area contributed by atoms with Gasteiger partial charge >= 0.3 is 0 Å². The van der Waals surface area contributed by atoms with Crippen molar-refractivity contribution in [3.63, 3.8) is 0 Å². The van der Waals surface area contributed by atoms with Gasteiger partial charge < -0.3 is 19.7 Å². The molecule has 0 unspecified atom stereocenters. The van der Waals surface area contributed by atoms with Crippen molar-refractivity contribution < 1.29 is 19.1 Å². The third-order valence-electron chi connectivity index (χ3n) is 5.00. The molecule has 0 aromatic heterocycles. The van der Waals surface area contributed by atoms with E-state index in [-0.39, 0.29) is 11.8 Å². The lowest BCUT2D eigenvalue weighted by atomic mass is 10.1. The number of hydrogen-bond acceptors (Lipinski definition) is 4. The maximum Gasteiger partial charge on any atom is 0.255 e. The molecule has 0 atom stereocenters. The lowest BCUT2D eigenvalue weighted by Gasteiger charge is -2.20. The Balaban J connectivity index is 1.66. The van der Waals surface area contributed by atoms with Crippen LogP contribution in [0.1, 0.15) is 46.4 Å². The number of benzene rings is 2. The topological polar surface area (TPSA) is 67.9 Å². The number of carbonyl (C=O) groups excluding carboxylic acids is 2. The van der Waals surface area contributed by atoms with E-state index in [1.165, 1.54) is 12.8 Å². The molecule has 1 N–H and O–H groups in total. The number of likely N-dealkylation sites (tertiary alicyclic amines) is 1. The first kappa shape index (κ1) is 22.3. The molecule has 1 fully saturated rings. The number of anilines is 1. The highest BCUT2D eigenvalue weighted by Crippen LogP contribution is 2.26. The van der Waals surface area contributed by atoms with Crippen LogP contribution >= 0.6 is 15.9 Å². The monoisotopic (exact) mass is 474 g/mol. The first-order valence-corrected chi connectivity index (χ1v) is 11.0. The summed E-state index contributed by atoms with van der Waals surface area (Å²) in [5.41, 5.74) is 1.68. The van der Waals surface area contributed by atoms with Crippen LogP contribution in [0.4, 0.5) is 5.69 Å². The Hall–Kier alpha value is -2.38. The van der Waals surface area contributed by atoms with E-state index in [1.54, 1.807) is 49.6 Å². The standard InChI is InChI=1S/C23H27BrN2O4/c1-29-13-14-30-21-10-9-17(16-20(21)24)22(27)25-19-8-6-7-18(15-19)23(28)26-11-4-2-3-5-12-26/h6-10,15-16H,2-5,11-14H2,1H3,(H,25,27). The smallest absolute Gasteiger partial charge is 0.255 e. The fourth-order valence-electron chi connectivity index (χ4n) is 3.38. The SMILES string of the molecule is COCCOc1ccc(C(=O)Nc2cccc(C(=O)N3CCCCCC3)c2)cc1Br. The molecule has 3 rings (SSSR count). The van der Waals surface area contributed by atoms with E-state index in [1.807, 2.05) is 4.90 Å². The third kappa shape index (κ3) is 6.06. The van der Waals surface area contributed by atoms with E-state index in [9.17, 15) is 9.59 Å². The molecule has 0 spiro atoms. The number of ether oxygens (including phenoxy) is 2. The zero-order chi connectivity index (χ0) is 21.3. The molecule has 0 aliphatic carbocycles. The summed E-state index contributed by atoms with van der Waals surface area (Å²) in [5.74, 6) is 0.417. The minimum absolute atomic E-state index is 0.0216. The van der Waals surface area contributed by atoms with Gasteiger partial charge in [-0.3, -0.25) is 9.59 Å². The summed E-state index contributed by atoms with van der Waals surface area (Å²) < 4.78 is 11.3. The number of amides is 2. The van der Waals surface area contributed by atoms with Crippen LogP contribution in [0.2, 0.25) is 0 Å².